The van der Waals surface area contributed by atoms with Crippen LogP contribution in [0, 0.1) is 0 Å². The van der Waals surface area contributed by atoms with Crippen molar-refractivity contribution >= 4 is 19.8 Å². The molecule has 0 unspecified atom stereocenters. The summed E-state index contributed by atoms with van der Waals surface area (Å²) in [6.45, 7) is 7.00. The Labute approximate surface area is 141 Å². The van der Waals surface area contributed by atoms with Gasteiger partial charge in [-0.15, -0.1) is 0 Å². The molecule has 0 aliphatic heterocycles. The van der Waals surface area contributed by atoms with Crippen LogP contribution in [0.25, 0.3) is 0 Å². The van der Waals surface area contributed by atoms with Crippen LogP contribution in [0.1, 0.15) is 91.4 Å². The van der Waals surface area contributed by atoms with Crippen molar-refractivity contribution in [3.8, 4) is 0 Å². The number of unbranched alkanes of at least 4 members (excludes halogenated alkanes) is 3. The molecule has 0 saturated heterocycles. The maximum absolute atomic E-state index is 8.95. The standard InChI is InChI=1S/C7H12O.3C4H9.Sn/c8-7-5-3-1-2-4-6-7;3*1-3-4-2;/h5,8H,1-4,6H2;3*1,3-4H2,2H3;. The van der Waals surface area contributed by atoms with Gasteiger partial charge in [-0.3, -0.25) is 0 Å². The number of hydrogen-bond donors (Lipinski definition) is 1. The molecule has 1 nitrogen and oxygen atoms in total. The number of allylic oxidation sites excluding steroid dienone is 2. The summed E-state index contributed by atoms with van der Waals surface area (Å²) in [5.74, 6) is 0.600. The first-order valence-corrected chi connectivity index (χ1v) is 15.5. The van der Waals surface area contributed by atoms with E-state index < -0.39 is 19.8 Å². The number of aliphatic hydroxyl groups excluding tert-OH is 1. The van der Waals surface area contributed by atoms with Crippen LogP contribution in [0.4, 0.5) is 0 Å². The fourth-order valence-electron chi connectivity index (χ4n) is 2.65. The third kappa shape index (κ3) is 15.0. The fraction of sp³-hybridized carbons (Fsp3) is 0.895. The molecule has 0 fully saturated rings. The summed E-state index contributed by atoms with van der Waals surface area (Å²) in [5.41, 5.74) is 0. The van der Waals surface area contributed by atoms with E-state index in [0.29, 0.717) is 5.76 Å². The molecule has 0 aromatic heterocycles. The van der Waals surface area contributed by atoms with Crippen molar-refractivity contribution in [1.82, 2.24) is 0 Å². The van der Waals surface area contributed by atoms with E-state index in [1.54, 1.807) is 13.3 Å². The summed E-state index contributed by atoms with van der Waals surface area (Å²) >= 11 is -0.839. The molecule has 0 spiro atoms. The van der Waals surface area contributed by atoms with Gasteiger partial charge < -0.3 is 5.11 Å². The molecule has 0 atom stereocenters. The van der Waals surface area contributed by atoms with Gasteiger partial charge in [-0.25, -0.2) is 0 Å². The van der Waals surface area contributed by atoms with E-state index in [9.17, 15) is 0 Å². The molecule has 1 aliphatic rings. The summed E-state index contributed by atoms with van der Waals surface area (Å²) in [6, 6.07) is 0. The van der Waals surface area contributed by atoms with Crippen molar-refractivity contribution in [1.29, 1.82) is 0 Å². The van der Waals surface area contributed by atoms with Gasteiger partial charge in [-0.05, 0) is 25.3 Å². The molecule has 2 heteroatoms. The Morgan fingerprint density at radius 2 is 1.38 bits per heavy atom. The summed E-state index contributed by atoms with van der Waals surface area (Å²) < 4.78 is 5.04. The van der Waals surface area contributed by atoms with Crippen LogP contribution in [0.15, 0.2) is 11.8 Å². The van der Waals surface area contributed by atoms with Gasteiger partial charge in [-0.2, -0.15) is 0 Å². The smallest absolute Gasteiger partial charge is 0.0882 e. The van der Waals surface area contributed by atoms with Crippen LogP contribution in [0.2, 0.25) is 13.3 Å². The molecule has 0 bridgehead atoms. The van der Waals surface area contributed by atoms with E-state index in [1.807, 2.05) is 6.08 Å². The van der Waals surface area contributed by atoms with E-state index in [1.165, 1.54) is 57.8 Å². The second-order valence-electron chi connectivity index (χ2n) is 6.36. The molecule has 0 aromatic carbocycles. The molecule has 21 heavy (non-hydrogen) atoms. The summed E-state index contributed by atoms with van der Waals surface area (Å²) in [4.78, 5) is 0. The first-order valence-electron chi connectivity index (χ1n) is 9.46. The number of hydrogen-bond acceptors (Lipinski definition) is 1. The van der Waals surface area contributed by atoms with Crippen molar-refractivity contribution in [2.45, 2.75) is 105 Å². The summed E-state index contributed by atoms with van der Waals surface area (Å²) in [5, 5.41) is 8.95. The molecule has 1 aliphatic carbocycles. The van der Waals surface area contributed by atoms with Gasteiger partial charge in [0, 0.05) is 6.42 Å². The number of rotatable bonds is 9. The maximum atomic E-state index is 8.95. The zero-order valence-electron chi connectivity index (χ0n) is 14.9. The second kappa shape index (κ2) is 16.7. The van der Waals surface area contributed by atoms with Crippen LogP contribution in [0.5, 0.6) is 0 Å². The zero-order valence-corrected chi connectivity index (χ0v) is 17.8. The molecule has 0 aromatic rings. The van der Waals surface area contributed by atoms with Gasteiger partial charge in [0.05, 0.1) is 5.76 Å². The largest absolute Gasteiger partial charge is 0.513 e. The maximum Gasteiger partial charge on any atom is 0.0882 e. The Bertz CT molecular complexity index is 219. The predicted molar refractivity (Wildman–Crippen MR) is 98.7 cm³/mol. The molecular weight excluding hydrogens is 363 g/mol. The topological polar surface area (TPSA) is 20.2 Å². The van der Waals surface area contributed by atoms with E-state index in [4.69, 9.17) is 5.11 Å². The Hall–Kier alpha value is 0.339. The Morgan fingerprint density at radius 1 is 0.857 bits per heavy atom. The van der Waals surface area contributed by atoms with E-state index in [2.05, 4.69) is 20.8 Å². The van der Waals surface area contributed by atoms with Gasteiger partial charge in [0.1, 0.15) is 0 Å². The normalized spacial score (nSPS) is 15.1. The van der Waals surface area contributed by atoms with Crippen molar-refractivity contribution in [2.75, 3.05) is 0 Å². The van der Waals surface area contributed by atoms with Crippen LogP contribution < -0.4 is 0 Å². The minimum Gasteiger partial charge on any atom is -0.513 e. The minimum atomic E-state index is -0.839. The van der Waals surface area contributed by atoms with Gasteiger partial charge in [0.15, 0.2) is 0 Å². The van der Waals surface area contributed by atoms with Crippen molar-refractivity contribution in [2.24, 2.45) is 0 Å². The Balaban J connectivity index is 0.000000423. The third-order valence-corrected chi connectivity index (χ3v) is 13.3. The molecular formula is C19H39OSn. The zero-order chi connectivity index (χ0) is 15.8. The molecule has 0 saturated carbocycles. The van der Waals surface area contributed by atoms with Crippen LogP contribution >= 0.6 is 0 Å². The molecule has 1 N–H and O–H groups in total. The van der Waals surface area contributed by atoms with E-state index in [0.717, 1.165) is 12.8 Å². The summed E-state index contributed by atoms with van der Waals surface area (Å²) in [6.07, 6.45) is 16.5. The van der Waals surface area contributed by atoms with Crippen LogP contribution in [0.3, 0.4) is 0 Å². The second-order valence-corrected chi connectivity index (χ2v) is 14.9. The quantitative estimate of drug-likeness (QED) is 0.402. The van der Waals surface area contributed by atoms with Gasteiger partial charge >= 0.3 is 92.4 Å². The average molecular weight is 402 g/mol. The summed E-state index contributed by atoms with van der Waals surface area (Å²) in [7, 11) is 0. The van der Waals surface area contributed by atoms with Gasteiger partial charge in [-0.1, -0.05) is 6.42 Å². The van der Waals surface area contributed by atoms with Crippen LogP contribution in [-0.4, -0.2) is 24.9 Å². The first kappa shape index (κ1) is 21.3. The molecule has 125 valence electrons. The number of aliphatic hydroxyl groups is 1. The third-order valence-electron chi connectivity index (χ3n) is 4.17. The fourth-order valence-corrected chi connectivity index (χ4v) is 12.1. The molecule has 0 heterocycles. The molecule has 1 rings (SSSR count). The predicted octanol–water partition coefficient (Wildman–Crippen LogP) is 7.27. The van der Waals surface area contributed by atoms with Gasteiger partial charge in [0.2, 0.25) is 0 Å². The minimum absolute atomic E-state index is 0.600. The first-order chi connectivity index (χ1) is 10.2. The monoisotopic (exact) mass is 403 g/mol. The van der Waals surface area contributed by atoms with Crippen LogP contribution in [-0.2, 0) is 0 Å². The van der Waals surface area contributed by atoms with Crippen molar-refractivity contribution in [3.05, 3.63) is 11.8 Å². The van der Waals surface area contributed by atoms with Crippen molar-refractivity contribution < 1.29 is 5.11 Å². The Kier molecular flexibility index (Phi) is 17.0. The molecule has 1 radical (unpaired) electrons. The van der Waals surface area contributed by atoms with Gasteiger partial charge in [0.25, 0.3) is 0 Å². The van der Waals surface area contributed by atoms with E-state index in [-0.39, 0.29) is 0 Å². The van der Waals surface area contributed by atoms with Crippen molar-refractivity contribution in [3.63, 3.8) is 0 Å². The SMILES string of the molecule is CCC[CH2][Sn]([CH2]CCC)[CH2]CCC.OC1=CCCCCC1. The van der Waals surface area contributed by atoms with E-state index >= 15 is 0 Å². The molecule has 0 amide bonds. The average Bonchev–Trinajstić information content (AvgIpc) is 2.75. The Morgan fingerprint density at radius 3 is 1.86 bits per heavy atom.